The number of nitrogens with one attached hydrogen (secondary N) is 1. The predicted molar refractivity (Wildman–Crippen MR) is 86.2 cm³/mol. The minimum Gasteiger partial charge on any atom is -0.437 e. The van der Waals surface area contributed by atoms with Gasteiger partial charge >= 0.3 is 0 Å². The number of rotatable bonds is 3. The van der Waals surface area contributed by atoms with Crippen molar-refractivity contribution < 1.29 is 4.74 Å². The average Bonchev–Trinajstić information content (AvgIpc) is 2.91. The summed E-state index contributed by atoms with van der Waals surface area (Å²) in [6.07, 6.45) is 0. The molecule has 3 aromatic rings. The Morgan fingerprint density at radius 1 is 1.30 bits per heavy atom. The highest BCUT2D eigenvalue weighted by molar-refractivity contribution is 9.10. The number of ether oxygens (including phenoxy) is 1. The summed E-state index contributed by atoms with van der Waals surface area (Å²) in [5.74, 6) is 1.55. The fourth-order valence-corrected chi connectivity index (χ4v) is 2.93. The van der Waals surface area contributed by atoms with Gasteiger partial charge in [-0.2, -0.15) is 4.98 Å². The van der Waals surface area contributed by atoms with E-state index in [4.69, 9.17) is 16.3 Å². The van der Waals surface area contributed by atoms with Crippen LogP contribution in [-0.4, -0.2) is 17.0 Å². The molecule has 1 aromatic carbocycles. The van der Waals surface area contributed by atoms with E-state index in [1.54, 1.807) is 13.1 Å². The van der Waals surface area contributed by atoms with Crippen molar-refractivity contribution >= 4 is 55.0 Å². The second-order valence-corrected chi connectivity index (χ2v) is 6.14. The van der Waals surface area contributed by atoms with Crippen LogP contribution in [0.4, 0.5) is 5.95 Å². The predicted octanol–water partition coefficient (Wildman–Crippen LogP) is 4.94. The molecule has 0 radical (unpaired) electrons. The fourth-order valence-electron chi connectivity index (χ4n) is 1.68. The van der Waals surface area contributed by atoms with E-state index >= 15 is 0 Å². The molecule has 1 N–H and O–H groups in total. The number of benzene rings is 1. The zero-order valence-electron chi connectivity index (χ0n) is 10.4. The number of halogens is 2. The van der Waals surface area contributed by atoms with Crippen LogP contribution in [0.25, 0.3) is 10.2 Å². The maximum absolute atomic E-state index is 6.14. The van der Waals surface area contributed by atoms with E-state index in [2.05, 4.69) is 31.2 Å². The summed E-state index contributed by atoms with van der Waals surface area (Å²) < 4.78 is 6.75. The summed E-state index contributed by atoms with van der Waals surface area (Å²) in [6.45, 7) is 0. The number of nitrogens with zero attached hydrogens (tertiary/aromatic N) is 2. The highest BCUT2D eigenvalue weighted by atomic mass is 79.9. The van der Waals surface area contributed by atoms with Gasteiger partial charge in [-0.05, 0) is 29.6 Å². The van der Waals surface area contributed by atoms with Gasteiger partial charge in [-0.3, -0.25) is 0 Å². The molecule has 20 heavy (non-hydrogen) atoms. The lowest BCUT2D eigenvalue weighted by Crippen LogP contribution is -1.98. The van der Waals surface area contributed by atoms with E-state index in [-0.39, 0.29) is 0 Å². The lowest BCUT2D eigenvalue weighted by atomic mass is 10.3. The number of thiophene rings is 1. The van der Waals surface area contributed by atoms with Gasteiger partial charge in [0.05, 0.1) is 10.4 Å². The molecule has 7 heteroatoms. The first-order valence-electron chi connectivity index (χ1n) is 5.73. The summed E-state index contributed by atoms with van der Waals surface area (Å²) in [5.41, 5.74) is 0. The van der Waals surface area contributed by atoms with Crippen LogP contribution in [0.2, 0.25) is 5.02 Å². The number of hydrogen-bond acceptors (Lipinski definition) is 5. The van der Waals surface area contributed by atoms with Gasteiger partial charge in [-0.15, -0.1) is 11.3 Å². The van der Waals surface area contributed by atoms with Crippen LogP contribution in [0.15, 0.2) is 34.1 Å². The van der Waals surface area contributed by atoms with E-state index < -0.39 is 0 Å². The van der Waals surface area contributed by atoms with Crippen molar-refractivity contribution in [2.45, 2.75) is 0 Å². The first-order valence-corrected chi connectivity index (χ1v) is 7.78. The third-order valence-corrected chi connectivity index (χ3v) is 4.23. The van der Waals surface area contributed by atoms with E-state index in [1.807, 2.05) is 23.6 Å². The normalized spacial score (nSPS) is 10.8. The van der Waals surface area contributed by atoms with Crippen LogP contribution in [0.1, 0.15) is 0 Å². The van der Waals surface area contributed by atoms with Gasteiger partial charge in [0.1, 0.15) is 10.6 Å². The molecule has 2 heterocycles. The highest BCUT2D eigenvalue weighted by Gasteiger charge is 2.12. The second-order valence-electron chi connectivity index (χ2n) is 3.92. The Hall–Kier alpha value is -1.37. The third kappa shape index (κ3) is 2.59. The minimum absolute atomic E-state index is 0.487. The molecule has 0 aliphatic carbocycles. The smallest absolute Gasteiger partial charge is 0.232 e. The van der Waals surface area contributed by atoms with Gasteiger partial charge in [0.2, 0.25) is 11.8 Å². The van der Waals surface area contributed by atoms with Crippen LogP contribution in [0.3, 0.4) is 0 Å². The van der Waals surface area contributed by atoms with Crippen molar-refractivity contribution in [3.63, 3.8) is 0 Å². The Bertz CT molecular complexity index is 777. The van der Waals surface area contributed by atoms with E-state index in [0.29, 0.717) is 22.6 Å². The van der Waals surface area contributed by atoms with Crippen LogP contribution in [0, 0.1) is 0 Å². The van der Waals surface area contributed by atoms with Crippen LogP contribution >= 0.6 is 38.9 Å². The largest absolute Gasteiger partial charge is 0.437 e. The summed E-state index contributed by atoms with van der Waals surface area (Å²) in [4.78, 5) is 9.58. The standard InChI is InChI=1S/C13H9BrClN3OS/c1-16-13-17-11(8-4-5-20-12(8)18-13)19-10-6-7(14)2-3-9(10)15/h2-6H,1H3,(H,16,17,18). The molecule has 102 valence electrons. The molecule has 4 nitrogen and oxygen atoms in total. The molecule has 0 bridgehead atoms. The average molecular weight is 371 g/mol. The Balaban J connectivity index is 2.09. The zero-order chi connectivity index (χ0) is 14.1. The summed E-state index contributed by atoms with van der Waals surface area (Å²) in [6, 6.07) is 7.36. The van der Waals surface area contributed by atoms with Crippen molar-refractivity contribution in [2.75, 3.05) is 12.4 Å². The molecule has 2 aromatic heterocycles. The summed E-state index contributed by atoms with van der Waals surface area (Å²) in [7, 11) is 1.77. The van der Waals surface area contributed by atoms with E-state index in [1.165, 1.54) is 11.3 Å². The molecule has 0 saturated carbocycles. The number of hydrogen-bond donors (Lipinski definition) is 1. The number of aromatic nitrogens is 2. The molecule has 0 aliphatic rings. The lowest BCUT2D eigenvalue weighted by molar-refractivity contribution is 0.469. The van der Waals surface area contributed by atoms with Gasteiger partial charge in [0.15, 0.2) is 0 Å². The van der Waals surface area contributed by atoms with Crippen LogP contribution in [0.5, 0.6) is 11.6 Å². The molecular weight excluding hydrogens is 362 g/mol. The number of anilines is 1. The Morgan fingerprint density at radius 2 is 2.15 bits per heavy atom. The van der Waals surface area contributed by atoms with Crippen LogP contribution in [-0.2, 0) is 0 Å². The molecule has 0 unspecified atom stereocenters. The Morgan fingerprint density at radius 3 is 2.95 bits per heavy atom. The number of fused-ring (bicyclic) bond motifs is 1. The first-order chi connectivity index (χ1) is 9.67. The van der Waals surface area contributed by atoms with Gasteiger partial charge in [-0.25, -0.2) is 4.98 Å². The minimum atomic E-state index is 0.487. The quantitative estimate of drug-likeness (QED) is 0.709. The van der Waals surface area contributed by atoms with Crippen molar-refractivity contribution in [2.24, 2.45) is 0 Å². The topological polar surface area (TPSA) is 47.0 Å². The maximum atomic E-state index is 6.14. The van der Waals surface area contributed by atoms with Crippen molar-refractivity contribution in [1.82, 2.24) is 9.97 Å². The second kappa shape index (κ2) is 5.55. The molecule has 0 spiro atoms. The fraction of sp³-hybridized carbons (Fsp3) is 0.0769. The molecule has 0 fully saturated rings. The van der Waals surface area contributed by atoms with Gasteiger partial charge in [0, 0.05) is 11.5 Å². The molecule has 0 amide bonds. The van der Waals surface area contributed by atoms with E-state index in [9.17, 15) is 0 Å². The molecule has 0 aliphatic heterocycles. The Kier molecular flexibility index (Phi) is 3.78. The lowest BCUT2D eigenvalue weighted by Gasteiger charge is -2.09. The first kappa shape index (κ1) is 13.6. The van der Waals surface area contributed by atoms with Gasteiger partial charge in [-0.1, -0.05) is 27.5 Å². The highest BCUT2D eigenvalue weighted by Crippen LogP contribution is 2.35. The van der Waals surface area contributed by atoms with Crippen LogP contribution < -0.4 is 10.1 Å². The molecule has 3 rings (SSSR count). The summed E-state index contributed by atoms with van der Waals surface area (Å²) in [5, 5.41) is 6.27. The van der Waals surface area contributed by atoms with Gasteiger partial charge in [0.25, 0.3) is 0 Å². The van der Waals surface area contributed by atoms with Crippen molar-refractivity contribution in [3.8, 4) is 11.6 Å². The molecule has 0 atom stereocenters. The zero-order valence-corrected chi connectivity index (χ0v) is 13.5. The molecule has 0 saturated heterocycles. The van der Waals surface area contributed by atoms with Gasteiger partial charge < -0.3 is 10.1 Å². The van der Waals surface area contributed by atoms with Crippen molar-refractivity contribution in [1.29, 1.82) is 0 Å². The SMILES string of the molecule is CNc1nc(Oc2cc(Br)ccc2Cl)c2ccsc2n1. The Labute approximate surface area is 132 Å². The third-order valence-electron chi connectivity index (χ3n) is 2.61. The summed E-state index contributed by atoms with van der Waals surface area (Å²) >= 11 is 11.1. The molecular formula is C13H9BrClN3OS. The maximum Gasteiger partial charge on any atom is 0.232 e. The van der Waals surface area contributed by atoms with Crippen molar-refractivity contribution in [3.05, 3.63) is 39.1 Å². The monoisotopic (exact) mass is 369 g/mol. The van der Waals surface area contributed by atoms with E-state index in [0.717, 1.165) is 14.7 Å².